The molecule has 1 rings (SSSR count). The molecule has 0 aromatic heterocycles. The maximum absolute atomic E-state index is 13.3. The van der Waals surface area contributed by atoms with E-state index < -0.39 is 0 Å². The van der Waals surface area contributed by atoms with Crippen molar-refractivity contribution in [1.82, 2.24) is 0 Å². The molecule has 0 fully saturated rings. The van der Waals surface area contributed by atoms with Gasteiger partial charge in [-0.2, -0.15) is 0 Å². The highest BCUT2D eigenvalue weighted by Gasteiger charge is 2.12. The average molecular weight is 200 g/mol. The number of para-hydroxylation sites is 2. The SMILES string of the molecule is CCN(F)c1ccccc1N(F)CC. The van der Waals surface area contributed by atoms with Crippen molar-refractivity contribution in [3.8, 4) is 0 Å². The van der Waals surface area contributed by atoms with Crippen molar-refractivity contribution >= 4 is 11.4 Å². The fraction of sp³-hybridized carbons (Fsp3) is 0.400. The Morgan fingerprint density at radius 1 is 0.929 bits per heavy atom. The van der Waals surface area contributed by atoms with Gasteiger partial charge in [-0.1, -0.05) is 21.1 Å². The average Bonchev–Trinajstić information content (AvgIpc) is 2.27. The first-order valence-corrected chi connectivity index (χ1v) is 4.66. The van der Waals surface area contributed by atoms with Gasteiger partial charge in [0.15, 0.2) is 0 Å². The summed E-state index contributed by atoms with van der Waals surface area (Å²) in [5.41, 5.74) is 0.527. The molecule has 1 aromatic rings. The Balaban J connectivity index is 3.02. The summed E-state index contributed by atoms with van der Waals surface area (Å²) in [6, 6.07) is 6.48. The lowest BCUT2D eigenvalue weighted by Gasteiger charge is -2.19. The predicted octanol–water partition coefficient (Wildman–Crippen LogP) is 3.11. The Labute approximate surface area is 82.6 Å². The second-order valence-electron chi connectivity index (χ2n) is 2.85. The highest BCUT2D eigenvalue weighted by Crippen LogP contribution is 2.29. The molecule has 78 valence electrons. The van der Waals surface area contributed by atoms with Crippen molar-refractivity contribution in [2.75, 3.05) is 23.3 Å². The molecule has 0 heterocycles. The van der Waals surface area contributed by atoms with Gasteiger partial charge >= 0.3 is 0 Å². The molecule has 0 unspecified atom stereocenters. The summed E-state index contributed by atoms with van der Waals surface area (Å²) in [6.45, 7) is 3.75. The van der Waals surface area contributed by atoms with Crippen LogP contribution in [0.15, 0.2) is 24.3 Å². The first-order chi connectivity index (χ1) is 6.70. The fourth-order valence-electron chi connectivity index (χ4n) is 1.22. The lowest BCUT2D eigenvalue weighted by Crippen LogP contribution is -2.17. The molecule has 4 heteroatoms. The van der Waals surface area contributed by atoms with E-state index in [9.17, 15) is 8.96 Å². The molecular weight excluding hydrogens is 186 g/mol. The lowest BCUT2D eigenvalue weighted by molar-refractivity contribution is 0.425. The van der Waals surface area contributed by atoms with E-state index in [1.165, 1.54) is 0 Å². The summed E-state index contributed by atoms with van der Waals surface area (Å²) in [4.78, 5) is 0. The number of hydrogen-bond acceptors (Lipinski definition) is 2. The molecule has 1 aromatic carbocycles. The zero-order valence-corrected chi connectivity index (χ0v) is 8.37. The van der Waals surface area contributed by atoms with Crippen molar-refractivity contribution < 1.29 is 8.96 Å². The van der Waals surface area contributed by atoms with Crippen molar-refractivity contribution in [3.05, 3.63) is 24.3 Å². The summed E-state index contributed by atoms with van der Waals surface area (Å²) in [6.07, 6.45) is 0. The van der Waals surface area contributed by atoms with Crippen LogP contribution in [0.25, 0.3) is 0 Å². The van der Waals surface area contributed by atoms with Gasteiger partial charge in [0, 0.05) is 13.1 Å². The molecular formula is C10H14F2N2. The van der Waals surface area contributed by atoms with E-state index in [2.05, 4.69) is 0 Å². The highest BCUT2D eigenvalue weighted by molar-refractivity contribution is 5.68. The Morgan fingerprint density at radius 2 is 1.29 bits per heavy atom. The van der Waals surface area contributed by atoms with Crippen LogP contribution in [0.5, 0.6) is 0 Å². The molecule has 0 N–H and O–H groups in total. The van der Waals surface area contributed by atoms with Crippen LogP contribution in [0.4, 0.5) is 20.3 Å². The first kappa shape index (κ1) is 10.8. The van der Waals surface area contributed by atoms with Crippen LogP contribution in [0, 0.1) is 0 Å². The largest absolute Gasteiger partial charge is 0.210 e. The molecule has 0 spiro atoms. The standard InChI is InChI=1S/C10H14F2N2/c1-3-13(11)9-7-5-6-8-10(9)14(12)4-2/h5-8H,3-4H2,1-2H3. The third-order valence-corrected chi connectivity index (χ3v) is 1.96. The number of rotatable bonds is 4. The van der Waals surface area contributed by atoms with Gasteiger partial charge in [0.2, 0.25) is 0 Å². The maximum atomic E-state index is 13.3. The summed E-state index contributed by atoms with van der Waals surface area (Å²) < 4.78 is 26.5. The predicted molar refractivity (Wildman–Crippen MR) is 54.7 cm³/mol. The minimum atomic E-state index is 0.203. The Morgan fingerprint density at radius 3 is 1.57 bits per heavy atom. The second kappa shape index (κ2) is 4.79. The second-order valence-corrected chi connectivity index (χ2v) is 2.85. The summed E-state index contributed by atoms with van der Waals surface area (Å²) >= 11 is 0. The van der Waals surface area contributed by atoms with Gasteiger partial charge in [0.05, 0.1) is 11.4 Å². The highest BCUT2D eigenvalue weighted by atomic mass is 19.2. The zero-order chi connectivity index (χ0) is 10.6. The smallest absolute Gasteiger partial charge is 0.0947 e. The van der Waals surface area contributed by atoms with Gasteiger partial charge in [-0.25, -0.2) is 10.2 Å². The number of benzene rings is 1. The minimum Gasteiger partial charge on any atom is -0.210 e. The maximum Gasteiger partial charge on any atom is 0.0947 e. The lowest BCUT2D eigenvalue weighted by atomic mass is 10.2. The number of hydrogen-bond donors (Lipinski definition) is 0. The molecule has 2 nitrogen and oxygen atoms in total. The molecule has 0 bridgehead atoms. The van der Waals surface area contributed by atoms with Crippen LogP contribution in [0.3, 0.4) is 0 Å². The molecule has 0 saturated carbocycles. The van der Waals surface area contributed by atoms with E-state index in [0.717, 1.165) is 0 Å². The van der Waals surface area contributed by atoms with Gasteiger partial charge in [-0.3, -0.25) is 0 Å². The number of anilines is 2. The molecule has 14 heavy (non-hydrogen) atoms. The quantitative estimate of drug-likeness (QED) is 0.689. The fourth-order valence-corrected chi connectivity index (χ4v) is 1.22. The van der Waals surface area contributed by atoms with Crippen molar-refractivity contribution in [3.63, 3.8) is 0 Å². The molecule has 0 saturated heterocycles. The van der Waals surface area contributed by atoms with E-state index in [1.807, 2.05) is 0 Å². The van der Waals surface area contributed by atoms with Crippen molar-refractivity contribution in [1.29, 1.82) is 0 Å². The minimum absolute atomic E-state index is 0.203. The van der Waals surface area contributed by atoms with E-state index in [-0.39, 0.29) is 24.5 Å². The summed E-state index contributed by atoms with van der Waals surface area (Å²) in [7, 11) is 0. The van der Waals surface area contributed by atoms with Crippen molar-refractivity contribution in [2.45, 2.75) is 13.8 Å². The Kier molecular flexibility index (Phi) is 3.68. The third kappa shape index (κ3) is 2.13. The van der Waals surface area contributed by atoms with Crippen molar-refractivity contribution in [2.24, 2.45) is 0 Å². The van der Waals surface area contributed by atoms with Crippen LogP contribution in [-0.4, -0.2) is 13.1 Å². The molecule has 0 atom stereocenters. The zero-order valence-electron chi connectivity index (χ0n) is 8.37. The molecule has 0 aliphatic rings. The first-order valence-electron chi connectivity index (χ1n) is 4.66. The van der Waals surface area contributed by atoms with Crippen LogP contribution in [-0.2, 0) is 0 Å². The van der Waals surface area contributed by atoms with E-state index in [1.54, 1.807) is 38.1 Å². The van der Waals surface area contributed by atoms with Gasteiger partial charge in [0.1, 0.15) is 0 Å². The van der Waals surface area contributed by atoms with Gasteiger partial charge in [0.25, 0.3) is 0 Å². The van der Waals surface area contributed by atoms with Gasteiger partial charge in [-0.15, -0.1) is 0 Å². The van der Waals surface area contributed by atoms with E-state index >= 15 is 0 Å². The molecule has 0 amide bonds. The Hall–Kier alpha value is -1.32. The topological polar surface area (TPSA) is 6.48 Å². The van der Waals surface area contributed by atoms with E-state index in [4.69, 9.17) is 0 Å². The van der Waals surface area contributed by atoms with E-state index in [0.29, 0.717) is 10.2 Å². The summed E-state index contributed by atoms with van der Waals surface area (Å²) in [5, 5.41) is 1.05. The van der Waals surface area contributed by atoms with Gasteiger partial charge in [-0.05, 0) is 26.0 Å². The third-order valence-electron chi connectivity index (χ3n) is 1.96. The van der Waals surface area contributed by atoms with Crippen LogP contribution < -0.4 is 10.2 Å². The summed E-state index contributed by atoms with van der Waals surface area (Å²) in [5.74, 6) is 0. The number of nitrogens with zero attached hydrogens (tertiary/aromatic N) is 2. The normalized spacial score (nSPS) is 10.0. The van der Waals surface area contributed by atoms with Crippen LogP contribution in [0.1, 0.15) is 13.8 Å². The van der Waals surface area contributed by atoms with Gasteiger partial charge < -0.3 is 0 Å². The number of halogens is 2. The molecule has 0 radical (unpaired) electrons. The molecule has 0 aliphatic heterocycles. The van der Waals surface area contributed by atoms with Crippen LogP contribution in [0.2, 0.25) is 0 Å². The molecule has 0 aliphatic carbocycles. The van der Waals surface area contributed by atoms with Crippen LogP contribution >= 0.6 is 0 Å². The Bertz CT molecular complexity index is 262. The monoisotopic (exact) mass is 200 g/mol.